The molecule has 2 aromatic rings. The lowest BCUT2D eigenvalue weighted by Crippen LogP contribution is -2.48. The van der Waals surface area contributed by atoms with E-state index >= 15 is 0 Å². The molecule has 1 aliphatic rings. The number of benzene rings is 1. The maximum Gasteiger partial charge on any atom is 0.254 e. The average Bonchev–Trinajstić information content (AvgIpc) is 3.09. The Morgan fingerprint density at radius 2 is 2.00 bits per heavy atom. The third kappa shape index (κ3) is 3.00. The van der Waals surface area contributed by atoms with Gasteiger partial charge in [0.05, 0.1) is 18.7 Å². The molecular weight excluding hydrogens is 296 g/mol. The SMILES string of the molecule is COc1ccc(C2CN(C(=O)c3ccsc3)CCN2C)cc1. The highest BCUT2D eigenvalue weighted by atomic mass is 32.1. The minimum Gasteiger partial charge on any atom is -0.497 e. The summed E-state index contributed by atoms with van der Waals surface area (Å²) in [6, 6.07) is 10.2. The van der Waals surface area contributed by atoms with Crippen molar-refractivity contribution in [1.82, 2.24) is 9.80 Å². The summed E-state index contributed by atoms with van der Waals surface area (Å²) in [6.45, 7) is 2.38. The van der Waals surface area contributed by atoms with Crippen LogP contribution < -0.4 is 4.74 Å². The Kier molecular flexibility index (Phi) is 4.45. The fourth-order valence-electron chi connectivity index (χ4n) is 2.81. The number of piperazine rings is 1. The molecule has 5 heteroatoms. The zero-order valence-electron chi connectivity index (χ0n) is 12.9. The Hall–Kier alpha value is -1.85. The Bertz CT molecular complexity index is 625. The van der Waals surface area contributed by atoms with Gasteiger partial charge in [-0.05, 0) is 36.2 Å². The second-order valence-electron chi connectivity index (χ2n) is 5.53. The standard InChI is InChI=1S/C17H20N2O2S/c1-18-8-9-19(17(20)14-7-10-22-12-14)11-16(18)13-3-5-15(21-2)6-4-13/h3-7,10,12,16H,8-9,11H2,1-2H3. The van der Waals surface area contributed by atoms with E-state index in [1.165, 1.54) is 5.56 Å². The summed E-state index contributed by atoms with van der Waals surface area (Å²) in [5.74, 6) is 0.987. The van der Waals surface area contributed by atoms with Crippen molar-refractivity contribution in [3.8, 4) is 5.75 Å². The summed E-state index contributed by atoms with van der Waals surface area (Å²) < 4.78 is 5.21. The monoisotopic (exact) mass is 316 g/mol. The van der Waals surface area contributed by atoms with Crippen LogP contribution in [0.4, 0.5) is 0 Å². The van der Waals surface area contributed by atoms with Crippen LogP contribution in [0.1, 0.15) is 22.0 Å². The van der Waals surface area contributed by atoms with Crippen LogP contribution in [-0.4, -0.2) is 49.5 Å². The summed E-state index contributed by atoms with van der Waals surface area (Å²) in [4.78, 5) is 16.8. The smallest absolute Gasteiger partial charge is 0.254 e. The minimum absolute atomic E-state index is 0.132. The summed E-state index contributed by atoms with van der Waals surface area (Å²) in [6.07, 6.45) is 0. The molecule has 4 nitrogen and oxygen atoms in total. The lowest BCUT2D eigenvalue weighted by Gasteiger charge is -2.39. The van der Waals surface area contributed by atoms with Gasteiger partial charge in [-0.25, -0.2) is 0 Å². The average molecular weight is 316 g/mol. The van der Waals surface area contributed by atoms with Crippen molar-refractivity contribution in [2.75, 3.05) is 33.8 Å². The van der Waals surface area contributed by atoms with Gasteiger partial charge >= 0.3 is 0 Å². The fourth-order valence-corrected chi connectivity index (χ4v) is 3.44. The number of carbonyl (C=O) groups is 1. The molecule has 1 unspecified atom stereocenters. The van der Waals surface area contributed by atoms with E-state index in [9.17, 15) is 4.79 Å². The molecule has 1 fully saturated rings. The maximum absolute atomic E-state index is 12.5. The quantitative estimate of drug-likeness (QED) is 0.873. The van der Waals surface area contributed by atoms with Crippen LogP contribution in [0.25, 0.3) is 0 Å². The first kappa shape index (κ1) is 15.1. The molecule has 1 saturated heterocycles. The summed E-state index contributed by atoms with van der Waals surface area (Å²) in [7, 11) is 3.78. The number of nitrogens with zero attached hydrogens (tertiary/aromatic N) is 2. The molecule has 0 spiro atoms. The van der Waals surface area contributed by atoms with Gasteiger partial charge in [-0.15, -0.1) is 0 Å². The van der Waals surface area contributed by atoms with E-state index in [4.69, 9.17) is 4.74 Å². The van der Waals surface area contributed by atoms with Crippen LogP contribution in [0.3, 0.4) is 0 Å². The lowest BCUT2D eigenvalue weighted by molar-refractivity contribution is 0.0546. The zero-order valence-corrected chi connectivity index (χ0v) is 13.7. The Morgan fingerprint density at radius 1 is 1.23 bits per heavy atom. The number of methoxy groups -OCH3 is 1. The van der Waals surface area contributed by atoms with E-state index in [0.29, 0.717) is 0 Å². The van der Waals surface area contributed by atoms with Gasteiger partial charge < -0.3 is 9.64 Å². The van der Waals surface area contributed by atoms with Gasteiger partial charge in [0, 0.05) is 25.0 Å². The highest BCUT2D eigenvalue weighted by molar-refractivity contribution is 7.08. The van der Waals surface area contributed by atoms with Crippen LogP contribution in [0.5, 0.6) is 5.75 Å². The largest absolute Gasteiger partial charge is 0.497 e. The van der Waals surface area contributed by atoms with Gasteiger partial charge in [-0.2, -0.15) is 11.3 Å². The molecule has 0 aliphatic carbocycles. The minimum atomic E-state index is 0.132. The number of carbonyl (C=O) groups excluding carboxylic acids is 1. The second kappa shape index (κ2) is 6.50. The van der Waals surface area contributed by atoms with E-state index in [2.05, 4.69) is 24.1 Å². The molecule has 1 aromatic heterocycles. The first-order chi connectivity index (χ1) is 10.7. The molecule has 0 saturated carbocycles. The lowest BCUT2D eigenvalue weighted by atomic mass is 10.0. The van der Waals surface area contributed by atoms with Crippen LogP contribution in [-0.2, 0) is 0 Å². The molecule has 2 heterocycles. The zero-order chi connectivity index (χ0) is 15.5. The van der Waals surface area contributed by atoms with Crippen LogP contribution in [0.2, 0.25) is 0 Å². The highest BCUT2D eigenvalue weighted by Crippen LogP contribution is 2.26. The highest BCUT2D eigenvalue weighted by Gasteiger charge is 2.29. The van der Waals surface area contributed by atoms with Gasteiger partial charge in [0.1, 0.15) is 5.75 Å². The molecule has 0 N–H and O–H groups in total. The van der Waals surface area contributed by atoms with Crippen molar-refractivity contribution in [2.45, 2.75) is 6.04 Å². The van der Waals surface area contributed by atoms with Crippen molar-refractivity contribution >= 4 is 17.2 Å². The first-order valence-corrected chi connectivity index (χ1v) is 8.29. The van der Waals surface area contributed by atoms with Crippen molar-refractivity contribution in [2.24, 2.45) is 0 Å². The van der Waals surface area contributed by atoms with Gasteiger partial charge in [-0.1, -0.05) is 12.1 Å². The number of thiophene rings is 1. The summed E-state index contributed by atoms with van der Waals surface area (Å²) in [5, 5.41) is 3.87. The van der Waals surface area contributed by atoms with Crippen LogP contribution >= 0.6 is 11.3 Å². The summed E-state index contributed by atoms with van der Waals surface area (Å²) >= 11 is 1.56. The Labute approximate surface area is 134 Å². The predicted octanol–water partition coefficient (Wildman–Crippen LogP) is 2.89. The molecule has 1 aliphatic heterocycles. The van der Waals surface area contributed by atoms with E-state index in [0.717, 1.165) is 30.9 Å². The van der Waals surface area contributed by atoms with Gasteiger partial charge in [0.25, 0.3) is 5.91 Å². The van der Waals surface area contributed by atoms with E-state index in [-0.39, 0.29) is 11.9 Å². The van der Waals surface area contributed by atoms with Gasteiger partial charge in [0.2, 0.25) is 0 Å². The summed E-state index contributed by atoms with van der Waals surface area (Å²) in [5.41, 5.74) is 2.01. The molecule has 1 atom stereocenters. The predicted molar refractivity (Wildman–Crippen MR) is 88.6 cm³/mol. The Morgan fingerprint density at radius 3 is 2.64 bits per heavy atom. The number of likely N-dealkylation sites (N-methyl/N-ethyl adjacent to an activating group) is 1. The number of hydrogen-bond donors (Lipinski definition) is 0. The third-order valence-corrected chi connectivity index (χ3v) is 4.89. The topological polar surface area (TPSA) is 32.8 Å². The number of ether oxygens (including phenoxy) is 1. The van der Waals surface area contributed by atoms with Crippen molar-refractivity contribution in [3.63, 3.8) is 0 Å². The molecule has 116 valence electrons. The molecule has 22 heavy (non-hydrogen) atoms. The molecule has 3 rings (SSSR count). The number of amides is 1. The fraction of sp³-hybridized carbons (Fsp3) is 0.353. The number of hydrogen-bond acceptors (Lipinski definition) is 4. The van der Waals surface area contributed by atoms with Crippen LogP contribution in [0, 0.1) is 0 Å². The number of rotatable bonds is 3. The van der Waals surface area contributed by atoms with E-state index in [1.54, 1.807) is 18.4 Å². The molecule has 1 aromatic carbocycles. The first-order valence-electron chi connectivity index (χ1n) is 7.34. The van der Waals surface area contributed by atoms with E-state index < -0.39 is 0 Å². The third-order valence-electron chi connectivity index (χ3n) is 4.20. The van der Waals surface area contributed by atoms with Crippen molar-refractivity contribution < 1.29 is 9.53 Å². The molecule has 1 amide bonds. The van der Waals surface area contributed by atoms with E-state index in [1.807, 2.05) is 33.9 Å². The van der Waals surface area contributed by atoms with Gasteiger partial charge in [0.15, 0.2) is 0 Å². The normalized spacial score (nSPS) is 19.2. The van der Waals surface area contributed by atoms with Crippen molar-refractivity contribution in [3.05, 3.63) is 52.2 Å². The Balaban J connectivity index is 1.77. The molecular formula is C17H20N2O2S. The molecule has 0 bridgehead atoms. The van der Waals surface area contributed by atoms with Crippen LogP contribution in [0.15, 0.2) is 41.1 Å². The second-order valence-corrected chi connectivity index (χ2v) is 6.31. The maximum atomic E-state index is 12.5. The van der Waals surface area contributed by atoms with Crippen molar-refractivity contribution in [1.29, 1.82) is 0 Å². The van der Waals surface area contributed by atoms with Gasteiger partial charge in [-0.3, -0.25) is 9.69 Å². The molecule has 0 radical (unpaired) electrons.